The molecule has 0 fully saturated rings. The number of pyridine rings is 1. The zero-order valence-electron chi connectivity index (χ0n) is 5.53. The van der Waals surface area contributed by atoms with E-state index in [2.05, 4.69) is 4.98 Å². The summed E-state index contributed by atoms with van der Waals surface area (Å²) in [5.74, 6) is -1.64. The molecule has 0 radical (unpaired) electrons. The molecular formula is C5H3ClFNO3S. The van der Waals surface area contributed by atoms with E-state index >= 15 is 0 Å². The smallest absolute Gasteiger partial charge is 0.281 e. The van der Waals surface area contributed by atoms with Gasteiger partial charge >= 0.3 is 0 Å². The number of nitrogens with zero attached hydrogens (tertiary/aromatic N) is 1. The highest BCUT2D eigenvalue weighted by Crippen LogP contribution is 2.18. The standard InChI is InChI=1S/C5H3ClFNO3S/c6-12(10,11)5-4(7)1-3(9)2-8-5/h1-2,9H. The molecule has 1 aromatic heterocycles. The second-order valence-corrected chi connectivity index (χ2v) is 4.40. The molecule has 0 aliphatic carbocycles. The lowest BCUT2D eigenvalue weighted by molar-refractivity contribution is 0.459. The van der Waals surface area contributed by atoms with Crippen LogP contribution in [0.3, 0.4) is 0 Å². The zero-order chi connectivity index (χ0) is 9.35. The summed E-state index contributed by atoms with van der Waals surface area (Å²) in [6.07, 6.45) is 0.790. The van der Waals surface area contributed by atoms with Crippen LogP contribution in [0.15, 0.2) is 17.3 Å². The lowest BCUT2D eigenvalue weighted by Crippen LogP contribution is -1.98. The van der Waals surface area contributed by atoms with Gasteiger partial charge in [-0.3, -0.25) is 0 Å². The molecule has 1 rings (SSSR count). The molecule has 0 aliphatic rings. The number of hydrogen-bond acceptors (Lipinski definition) is 4. The summed E-state index contributed by atoms with van der Waals surface area (Å²) in [5.41, 5.74) is 0. The van der Waals surface area contributed by atoms with Crippen molar-refractivity contribution in [3.8, 4) is 5.75 Å². The topological polar surface area (TPSA) is 67.3 Å². The maximum Gasteiger partial charge on any atom is 0.281 e. The molecule has 0 bridgehead atoms. The van der Waals surface area contributed by atoms with E-state index < -0.39 is 25.6 Å². The molecule has 0 aliphatic heterocycles. The van der Waals surface area contributed by atoms with Gasteiger partial charge in [-0.15, -0.1) is 0 Å². The average Bonchev–Trinajstić information content (AvgIpc) is 1.83. The number of halogens is 2. The Labute approximate surface area is 72.0 Å². The first-order valence-corrected chi connectivity index (χ1v) is 5.01. The second kappa shape index (κ2) is 2.87. The highest BCUT2D eigenvalue weighted by Gasteiger charge is 2.17. The molecule has 12 heavy (non-hydrogen) atoms. The van der Waals surface area contributed by atoms with E-state index in [0.29, 0.717) is 6.07 Å². The molecule has 0 saturated heterocycles. The van der Waals surface area contributed by atoms with Crippen LogP contribution in [0.25, 0.3) is 0 Å². The lowest BCUT2D eigenvalue weighted by Gasteiger charge is -1.96. The van der Waals surface area contributed by atoms with Crippen molar-refractivity contribution < 1.29 is 17.9 Å². The largest absolute Gasteiger partial charge is 0.506 e. The highest BCUT2D eigenvalue weighted by molar-refractivity contribution is 8.13. The first-order chi connectivity index (χ1) is 5.41. The van der Waals surface area contributed by atoms with Gasteiger partial charge in [0.05, 0.1) is 6.20 Å². The number of aromatic hydroxyl groups is 1. The molecule has 0 saturated carbocycles. The minimum absolute atomic E-state index is 0.462. The van der Waals surface area contributed by atoms with Gasteiger partial charge in [-0.1, -0.05) is 0 Å². The summed E-state index contributed by atoms with van der Waals surface area (Å²) >= 11 is 0. The minimum Gasteiger partial charge on any atom is -0.506 e. The van der Waals surface area contributed by atoms with Crippen molar-refractivity contribution in [1.82, 2.24) is 4.98 Å². The van der Waals surface area contributed by atoms with Crippen molar-refractivity contribution in [3.05, 3.63) is 18.1 Å². The van der Waals surface area contributed by atoms with Crippen LogP contribution in [0.1, 0.15) is 0 Å². The monoisotopic (exact) mass is 211 g/mol. The molecule has 1 heterocycles. The summed E-state index contributed by atoms with van der Waals surface area (Å²) in [4.78, 5) is 3.10. The SMILES string of the molecule is O=S(=O)(Cl)c1ncc(O)cc1F. The Bertz CT molecular complexity index is 405. The van der Waals surface area contributed by atoms with E-state index in [1.807, 2.05) is 0 Å². The van der Waals surface area contributed by atoms with Crippen molar-refractivity contribution >= 4 is 19.7 Å². The van der Waals surface area contributed by atoms with Crippen LogP contribution in [0, 0.1) is 5.82 Å². The molecule has 0 atom stereocenters. The number of aromatic nitrogens is 1. The van der Waals surface area contributed by atoms with Crippen LogP contribution in [0.5, 0.6) is 5.75 Å². The van der Waals surface area contributed by atoms with Crippen LogP contribution in [-0.2, 0) is 9.05 Å². The van der Waals surface area contributed by atoms with Crippen molar-refractivity contribution in [2.75, 3.05) is 0 Å². The van der Waals surface area contributed by atoms with Crippen LogP contribution in [-0.4, -0.2) is 18.5 Å². The third kappa shape index (κ3) is 1.83. The van der Waals surface area contributed by atoms with Gasteiger partial charge in [0, 0.05) is 16.7 Å². The van der Waals surface area contributed by atoms with Gasteiger partial charge in [0.2, 0.25) is 5.03 Å². The van der Waals surface area contributed by atoms with Gasteiger partial charge in [0.25, 0.3) is 9.05 Å². The van der Waals surface area contributed by atoms with Crippen molar-refractivity contribution in [3.63, 3.8) is 0 Å². The third-order valence-corrected chi connectivity index (χ3v) is 2.22. The third-order valence-electron chi connectivity index (χ3n) is 1.02. The molecule has 66 valence electrons. The number of rotatable bonds is 1. The van der Waals surface area contributed by atoms with E-state index in [1.54, 1.807) is 0 Å². The van der Waals surface area contributed by atoms with Crippen LogP contribution < -0.4 is 0 Å². The summed E-state index contributed by atoms with van der Waals surface area (Å²) in [6, 6.07) is 0.613. The van der Waals surface area contributed by atoms with Crippen molar-refractivity contribution in [2.24, 2.45) is 0 Å². The fourth-order valence-electron chi connectivity index (χ4n) is 0.595. The quantitative estimate of drug-likeness (QED) is 0.700. The second-order valence-electron chi connectivity index (χ2n) is 1.92. The van der Waals surface area contributed by atoms with Crippen LogP contribution in [0.2, 0.25) is 0 Å². The number of hydrogen-bond donors (Lipinski definition) is 1. The Hall–Kier alpha value is -0.880. The summed E-state index contributed by atoms with van der Waals surface area (Å²) in [6.45, 7) is 0. The van der Waals surface area contributed by atoms with Crippen LogP contribution in [0.4, 0.5) is 4.39 Å². The maximum atomic E-state index is 12.7. The van der Waals surface area contributed by atoms with Gasteiger partial charge < -0.3 is 5.11 Å². The Morgan fingerprint density at radius 1 is 1.58 bits per heavy atom. The normalized spacial score (nSPS) is 11.5. The first-order valence-electron chi connectivity index (χ1n) is 2.70. The van der Waals surface area contributed by atoms with Gasteiger partial charge in [-0.2, -0.15) is 0 Å². The predicted octanol–water partition coefficient (Wildman–Crippen LogP) is 0.854. The van der Waals surface area contributed by atoms with Gasteiger partial charge in [0.15, 0.2) is 5.82 Å². The Morgan fingerprint density at radius 2 is 2.17 bits per heavy atom. The Balaban J connectivity index is 3.39. The lowest BCUT2D eigenvalue weighted by atomic mass is 10.4. The van der Waals surface area contributed by atoms with Crippen LogP contribution >= 0.6 is 10.7 Å². The summed E-state index contributed by atoms with van der Waals surface area (Å²) in [5, 5.41) is 7.78. The first kappa shape index (κ1) is 9.21. The zero-order valence-corrected chi connectivity index (χ0v) is 7.10. The van der Waals surface area contributed by atoms with Gasteiger partial charge in [-0.05, 0) is 0 Å². The molecule has 0 spiro atoms. The maximum absolute atomic E-state index is 12.7. The molecule has 4 nitrogen and oxygen atoms in total. The van der Waals surface area contributed by atoms with E-state index in [4.69, 9.17) is 15.8 Å². The Morgan fingerprint density at radius 3 is 2.58 bits per heavy atom. The molecule has 7 heteroatoms. The van der Waals surface area contributed by atoms with E-state index in [9.17, 15) is 12.8 Å². The van der Waals surface area contributed by atoms with Gasteiger partial charge in [0.1, 0.15) is 5.75 Å². The molecule has 0 unspecified atom stereocenters. The van der Waals surface area contributed by atoms with E-state index in [0.717, 1.165) is 6.20 Å². The Kier molecular flexibility index (Phi) is 2.20. The summed E-state index contributed by atoms with van der Waals surface area (Å²) in [7, 11) is 0.629. The average molecular weight is 212 g/mol. The van der Waals surface area contributed by atoms with E-state index in [1.165, 1.54) is 0 Å². The fraction of sp³-hybridized carbons (Fsp3) is 0. The molecular weight excluding hydrogens is 209 g/mol. The van der Waals surface area contributed by atoms with Gasteiger partial charge in [-0.25, -0.2) is 17.8 Å². The molecule has 0 amide bonds. The highest BCUT2D eigenvalue weighted by atomic mass is 35.7. The minimum atomic E-state index is -4.18. The predicted molar refractivity (Wildman–Crippen MR) is 38.9 cm³/mol. The van der Waals surface area contributed by atoms with E-state index in [-0.39, 0.29) is 0 Å². The molecule has 0 aromatic carbocycles. The molecule has 1 aromatic rings. The molecule has 1 N–H and O–H groups in total. The fourth-order valence-corrected chi connectivity index (χ4v) is 1.41. The summed E-state index contributed by atoms with van der Waals surface area (Å²) < 4.78 is 33.8. The van der Waals surface area contributed by atoms with Crippen molar-refractivity contribution in [1.29, 1.82) is 0 Å². The van der Waals surface area contributed by atoms with Crippen molar-refractivity contribution in [2.45, 2.75) is 5.03 Å².